The average molecular weight is 711 g/mol. The molecule has 0 aliphatic rings. The molecule has 0 heterocycles. The van der Waals surface area contributed by atoms with Gasteiger partial charge in [-0.05, 0) is 12.8 Å². The van der Waals surface area contributed by atoms with Crippen molar-refractivity contribution in [3.8, 4) is 0 Å². The fourth-order valence-electron chi connectivity index (χ4n) is 5.26. The van der Waals surface area contributed by atoms with Crippen molar-refractivity contribution in [2.45, 2.75) is 142 Å². The fourth-order valence-corrected chi connectivity index (χ4v) is 5.26. The first-order valence-electron chi connectivity index (χ1n) is 18.8. The van der Waals surface area contributed by atoms with Crippen LogP contribution < -0.4 is 20.8 Å². The minimum absolute atomic E-state index is 0. The Bertz CT molecular complexity index is 717. The first-order chi connectivity index (χ1) is 23.2. The summed E-state index contributed by atoms with van der Waals surface area (Å²) >= 11 is 0. The molecular formula is C36H70MgN4O8. The standard InChI is InChI=1S/2C18H36N2O4.Mg/c2*1-2-3-4-5-6-7-8-9-10-11-17(22)19-12-13-20(14-15-21)16-18(23)24;/h2*21H,2-16H2,1H3,(H,19,22)(H,23,24);/q;;+2/p-2. The van der Waals surface area contributed by atoms with E-state index in [0.29, 0.717) is 39.0 Å². The van der Waals surface area contributed by atoms with Crippen LogP contribution in [0.3, 0.4) is 0 Å². The molecule has 0 unspecified atom stereocenters. The molecule has 0 saturated carbocycles. The van der Waals surface area contributed by atoms with Crippen LogP contribution in [0.4, 0.5) is 0 Å². The average Bonchev–Trinajstić information content (AvgIpc) is 3.03. The van der Waals surface area contributed by atoms with Crippen LogP contribution in [0, 0.1) is 0 Å². The van der Waals surface area contributed by atoms with Crippen molar-refractivity contribution in [3.63, 3.8) is 0 Å². The van der Waals surface area contributed by atoms with E-state index in [4.69, 9.17) is 10.2 Å². The molecule has 0 saturated heterocycles. The van der Waals surface area contributed by atoms with Gasteiger partial charge in [0.1, 0.15) is 0 Å². The molecule has 2 amide bonds. The smallest absolute Gasteiger partial charge is 0.549 e. The second-order valence-corrected chi connectivity index (χ2v) is 12.6. The minimum Gasteiger partial charge on any atom is -0.549 e. The maximum absolute atomic E-state index is 11.7. The van der Waals surface area contributed by atoms with Crippen LogP contribution in [0.25, 0.3) is 0 Å². The molecule has 0 aliphatic heterocycles. The molecule has 0 spiro atoms. The predicted molar refractivity (Wildman–Crippen MR) is 193 cm³/mol. The van der Waals surface area contributed by atoms with Gasteiger partial charge in [0.15, 0.2) is 0 Å². The molecule has 284 valence electrons. The van der Waals surface area contributed by atoms with E-state index in [0.717, 1.165) is 25.7 Å². The van der Waals surface area contributed by atoms with Gasteiger partial charge in [0, 0.05) is 65.2 Å². The van der Waals surface area contributed by atoms with Crippen molar-refractivity contribution in [1.29, 1.82) is 0 Å². The maximum Gasteiger partial charge on any atom is 2.00 e. The van der Waals surface area contributed by atoms with E-state index in [9.17, 15) is 29.4 Å². The number of nitrogens with one attached hydrogen (secondary N) is 2. The number of aliphatic hydroxyl groups excluding tert-OH is 2. The van der Waals surface area contributed by atoms with Crippen LogP contribution in [0.15, 0.2) is 0 Å². The third-order valence-corrected chi connectivity index (χ3v) is 8.05. The molecule has 0 atom stereocenters. The van der Waals surface area contributed by atoms with E-state index >= 15 is 0 Å². The van der Waals surface area contributed by atoms with Crippen LogP contribution in [0.2, 0.25) is 0 Å². The molecule has 0 aromatic rings. The van der Waals surface area contributed by atoms with Gasteiger partial charge in [0.05, 0.1) is 25.2 Å². The molecule has 0 fully saturated rings. The van der Waals surface area contributed by atoms with E-state index in [1.54, 1.807) is 9.80 Å². The van der Waals surface area contributed by atoms with Gasteiger partial charge in [0.25, 0.3) is 0 Å². The Morgan fingerprint density at radius 2 is 0.776 bits per heavy atom. The van der Waals surface area contributed by atoms with Gasteiger partial charge in [-0.3, -0.25) is 19.4 Å². The van der Waals surface area contributed by atoms with Crippen molar-refractivity contribution in [1.82, 2.24) is 20.4 Å². The summed E-state index contributed by atoms with van der Waals surface area (Å²) in [6.07, 6.45) is 23.1. The first-order valence-corrected chi connectivity index (χ1v) is 18.8. The van der Waals surface area contributed by atoms with Crippen molar-refractivity contribution in [3.05, 3.63) is 0 Å². The Balaban J connectivity index is -0.000000846. The largest absolute Gasteiger partial charge is 2.00 e. The molecule has 0 aromatic heterocycles. The van der Waals surface area contributed by atoms with Crippen LogP contribution in [-0.4, -0.2) is 132 Å². The number of nitrogens with zero attached hydrogens (tertiary/aromatic N) is 2. The molecular weight excluding hydrogens is 641 g/mol. The summed E-state index contributed by atoms with van der Waals surface area (Å²) in [6, 6.07) is 0. The SMILES string of the molecule is CCCCCCCCCCCC(=O)NCCN(CCO)CC(=O)[O-].CCCCCCCCCCCC(=O)NCCN(CCO)CC(=O)[O-].[Mg+2]. The van der Waals surface area contributed by atoms with Crippen LogP contribution in [0.5, 0.6) is 0 Å². The number of unbranched alkanes of at least 4 members (excludes halogenated alkanes) is 16. The molecule has 0 aliphatic carbocycles. The van der Waals surface area contributed by atoms with E-state index in [1.165, 1.54) is 89.9 Å². The Hall–Kier alpha value is -1.51. The molecule has 12 nitrogen and oxygen atoms in total. The molecule has 0 radical (unpaired) electrons. The zero-order chi connectivity index (χ0) is 36.1. The van der Waals surface area contributed by atoms with Crippen LogP contribution in [0.1, 0.15) is 142 Å². The molecule has 0 rings (SSSR count). The Labute approximate surface area is 313 Å². The summed E-state index contributed by atoms with van der Waals surface area (Å²) in [7, 11) is 0. The van der Waals surface area contributed by atoms with E-state index in [1.807, 2.05) is 0 Å². The van der Waals surface area contributed by atoms with Gasteiger partial charge in [-0.1, -0.05) is 117 Å². The van der Waals surface area contributed by atoms with Gasteiger partial charge in [-0.25, -0.2) is 0 Å². The van der Waals surface area contributed by atoms with Gasteiger partial charge in [0.2, 0.25) is 11.8 Å². The normalized spacial score (nSPS) is 10.7. The summed E-state index contributed by atoms with van der Waals surface area (Å²) in [5.41, 5.74) is 0. The topological polar surface area (TPSA) is 185 Å². The molecule has 4 N–H and O–H groups in total. The van der Waals surface area contributed by atoms with Gasteiger partial charge in [-0.2, -0.15) is 0 Å². The van der Waals surface area contributed by atoms with Gasteiger partial charge >= 0.3 is 23.1 Å². The number of carboxylic acid groups (broad SMARTS) is 2. The van der Waals surface area contributed by atoms with Gasteiger partial charge < -0.3 is 40.6 Å². The van der Waals surface area contributed by atoms with Crippen molar-refractivity contribution in [2.75, 3.05) is 65.6 Å². The number of carboxylic acids is 2. The number of rotatable bonds is 34. The number of aliphatic hydroxyl groups is 2. The third kappa shape index (κ3) is 42.6. The minimum atomic E-state index is -1.18. The van der Waals surface area contributed by atoms with Crippen molar-refractivity contribution in [2.24, 2.45) is 0 Å². The maximum atomic E-state index is 11.7. The summed E-state index contributed by atoms with van der Waals surface area (Å²) < 4.78 is 0. The zero-order valence-corrected chi connectivity index (χ0v) is 32.6. The van der Waals surface area contributed by atoms with Crippen molar-refractivity contribution < 1.29 is 39.6 Å². The summed E-state index contributed by atoms with van der Waals surface area (Å²) in [6.45, 7) is 5.88. The van der Waals surface area contributed by atoms with Crippen LogP contribution in [-0.2, 0) is 19.2 Å². The number of hydrogen-bond acceptors (Lipinski definition) is 10. The Morgan fingerprint density at radius 1 is 0.490 bits per heavy atom. The Morgan fingerprint density at radius 3 is 1.04 bits per heavy atom. The number of carbonyl (C=O) groups is 4. The number of aliphatic carboxylic acids is 2. The summed E-state index contributed by atoms with van der Waals surface area (Å²) in [4.78, 5) is 47.6. The van der Waals surface area contributed by atoms with Crippen LogP contribution >= 0.6 is 0 Å². The molecule has 0 aromatic carbocycles. The second-order valence-electron chi connectivity index (χ2n) is 12.6. The van der Waals surface area contributed by atoms with Crippen molar-refractivity contribution >= 4 is 46.8 Å². The monoisotopic (exact) mass is 711 g/mol. The van der Waals surface area contributed by atoms with Gasteiger partial charge in [-0.15, -0.1) is 0 Å². The third-order valence-electron chi connectivity index (χ3n) is 8.05. The summed E-state index contributed by atoms with van der Waals surface area (Å²) in [5.74, 6) is -2.33. The predicted octanol–water partition coefficient (Wildman–Crippen LogP) is 1.75. The number of amides is 2. The zero-order valence-electron chi connectivity index (χ0n) is 31.2. The van der Waals surface area contributed by atoms with E-state index in [-0.39, 0.29) is 74.3 Å². The van der Waals surface area contributed by atoms with E-state index in [2.05, 4.69) is 24.5 Å². The van der Waals surface area contributed by atoms with E-state index < -0.39 is 11.9 Å². The quantitative estimate of drug-likeness (QED) is 0.0567. The second kappa shape index (κ2) is 40.9. The first kappa shape index (κ1) is 51.9. The summed E-state index contributed by atoms with van der Waals surface area (Å²) in [5, 5.41) is 44.4. The number of hydrogen-bond donors (Lipinski definition) is 4. The molecule has 49 heavy (non-hydrogen) atoms. The Kier molecular flexibility index (Phi) is 43.3. The molecule has 0 bridgehead atoms. The number of carbonyl (C=O) groups excluding carboxylic acids is 4. The fraction of sp³-hybridized carbons (Fsp3) is 0.889. The molecule has 13 heteroatoms.